The van der Waals surface area contributed by atoms with Gasteiger partial charge in [0.1, 0.15) is 0 Å². The Morgan fingerprint density at radius 1 is 1.00 bits per heavy atom. The number of hydrogen-bond donors (Lipinski definition) is 1. The molecule has 2 N–H and O–H groups in total. The van der Waals surface area contributed by atoms with Gasteiger partial charge in [-0.05, 0) is 25.0 Å². The molecule has 2 saturated heterocycles. The average molecular weight is 438 g/mol. The SMILES string of the molecule is Nc1nc2cc(-c3nc(N4CCOCC4)nc4c3cnn4C3CCOCC3)ccc2s1. The highest BCUT2D eigenvalue weighted by Gasteiger charge is 2.24. The molecular formula is C21H23N7O2S. The second-order valence-electron chi connectivity index (χ2n) is 7.88. The van der Waals surface area contributed by atoms with Crippen molar-refractivity contribution in [2.24, 2.45) is 0 Å². The van der Waals surface area contributed by atoms with E-state index in [1.807, 2.05) is 6.20 Å². The van der Waals surface area contributed by atoms with E-state index in [4.69, 9.17) is 30.3 Å². The molecule has 6 rings (SSSR count). The maximum Gasteiger partial charge on any atom is 0.228 e. The first kappa shape index (κ1) is 18.9. The van der Waals surface area contributed by atoms with Gasteiger partial charge in [0.15, 0.2) is 10.8 Å². The Morgan fingerprint density at radius 3 is 2.65 bits per heavy atom. The third-order valence-electron chi connectivity index (χ3n) is 5.95. The van der Waals surface area contributed by atoms with Gasteiger partial charge in [0.25, 0.3) is 0 Å². The van der Waals surface area contributed by atoms with Crippen LogP contribution < -0.4 is 10.6 Å². The highest BCUT2D eigenvalue weighted by Crippen LogP contribution is 2.34. The first-order chi connectivity index (χ1) is 15.3. The van der Waals surface area contributed by atoms with E-state index in [9.17, 15) is 0 Å². The standard InChI is InChI=1S/C21H23N7O2S/c22-20-24-16-11-13(1-2-17(16)31-20)18-15-12-23-28(14-3-7-29-8-4-14)19(15)26-21(25-18)27-5-9-30-10-6-27/h1-2,11-12,14H,3-10H2,(H2,22,24). The van der Waals surface area contributed by atoms with E-state index in [2.05, 4.69) is 32.8 Å². The van der Waals surface area contributed by atoms with Gasteiger partial charge >= 0.3 is 0 Å². The van der Waals surface area contributed by atoms with E-state index in [0.717, 1.165) is 77.6 Å². The number of rotatable bonds is 3. The summed E-state index contributed by atoms with van der Waals surface area (Å²) in [5.41, 5.74) is 9.54. The van der Waals surface area contributed by atoms with Gasteiger partial charge in [0, 0.05) is 31.9 Å². The number of morpholine rings is 1. The molecule has 0 unspecified atom stereocenters. The van der Waals surface area contributed by atoms with Gasteiger partial charge in [0.2, 0.25) is 5.95 Å². The van der Waals surface area contributed by atoms with Crippen molar-refractivity contribution in [3.8, 4) is 11.3 Å². The summed E-state index contributed by atoms with van der Waals surface area (Å²) in [5, 5.41) is 6.26. The minimum atomic E-state index is 0.285. The Kier molecular flexibility index (Phi) is 4.70. The predicted molar refractivity (Wildman–Crippen MR) is 120 cm³/mol. The Bertz CT molecular complexity index is 1240. The van der Waals surface area contributed by atoms with Gasteiger partial charge in [-0.25, -0.2) is 14.6 Å². The van der Waals surface area contributed by atoms with Crippen LogP contribution in [0.3, 0.4) is 0 Å². The lowest BCUT2D eigenvalue weighted by atomic mass is 10.1. The van der Waals surface area contributed by atoms with Gasteiger partial charge in [-0.15, -0.1) is 0 Å². The topological polar surface area (TPSA) is 104 Å². The van der Waals surface area contributed by atoms with Crippen LogP contribution in [-0.4, -0.2) is 64.2 Å². The van der Waals surface area contributed by atoms with Crippen molar-refractivity contribution in [3.63, 3.8) is 0 Å². The van der Waals surface area contributed by atoms with Gasteiger partial charge in [0.05, 0.1) is 46.7 Å². The van der Waals surface area contributed by atoms with Crippen molar-refractivity contribution in [1.29, 1.82) is 0 Å². The largest absolute Gasteiger partial charge is 0.381 e. The number of ether oxygens (including phenoxy) is 2. The number of anilines is 2. The molecule has 0 aliphatic carbocycles. The second-order valence-corrected chi connectivity index (χ2v) is 8.94. The Hall–Kier alpha value is -2.82. The van der Waals surface area contributed by atoms with Crippen molar-refractivity contribution in [3.05, 3.63) is 24.4 Å². The lowest BCUT2D eigenvalue weighted by molar-refractivity contribution is 0.0673. The minimum Gasteiger partial charge on any atom is -0.381 e. The highest BCUT2D eigenvalue weighted by atomic mass is 32.1. The van der Waals surface area contributed by atoms with E-state index in [0.29, 0.717) is 18.3 Å². The molecule has 0 saturated carbocycles. The molecule has 2 aliphatic rings. The summed E-state index contributed by atoms with van der Waals surface area (Å²) < 4.78 is 14.2. The molecule has 3 aromatic heterocycles. The van der Waals surface area contributed by atoms with Crippen LogP contribution in [0.1, 0.15) is 18.9 Å². The maximum atomic E-state index is 5.92. The Labute approximate surface area is 182 Å². The van der Waals surface area contributed by atoms with Crippen LogP contribution in [0, 0.1) is 0 Å². The second kappa shape index (κ2) is 7.70. The van der Waals surface area contributed by atoms with Gasteiger partial charge in [-0.1, -0.05) is 17.4 Å². The molecule has 5 heterocycles. The predicted octanol–water partition coefficient (Wildman–Crippen LogP) is 2.87. The zero-order valence-corrected chi connectivity index (χ0v) is 17.8. The van der Waals surface area contributed by atoms with Gasteiger partial charge < -0.3 is 20.1 Å². The van der Waals surface area contributed by atoms with Crippen molar-refractivity contribution >= 4 is 43.7 Å². The van der Waals surface area contributed by atoms with Crippen LogP contribution in [0.2, 0.25) is 0 Å². The third kappa shape index (κ3) is 3.40. The van der Waals surface area contributed by atoms with Crippen molar-refractivity contribution in [2.45, 2.75) is 18.9 Å². The highest BCUT2D eigenvalue weighted by molar-refractivity contribution is 7.22. The molecule has 0 bridgehead atoms. The zero-order valence-electron chi connectivity index (χ0n) is 17.0. The summed E-state index contributed by atoms with van der Waals surface area (Å²) >= 11 is 1.49. The van der Waals surface area contributed by atoms with Crippen LogP contribution >= 0.6 is 11.3 Å². The summed E-state index contributed by atoms with van der Waals surface area (Å²) in [6, 6.07) is 6.48. The van der Waals surface area contributed by atoms with E-state index in [-0.39, 0.29) is 6.04 Å². The van der Waals surface area contributed by atoms with Crippen LogP contribution in [-0.2, 0) is 9.47 Å². The summed E-state index contributed by atoms with van der Waals surface area (Å²) in [6.45, 7) is 4.42. The summed E-state index contributed by atoms with van der Waals surface area (Å²) in [6.07, 6.45) is 3.77. The lowest BCUT2D eigenvalue weighted by Crippen LogP contribution is -2.37. The number of nitrogens with zero attached hydrogens (tertiary/aromatic N) is 6. The fourth-order valence-corrected chi connectivity index (χ4v) is 5.04. The number of nitrogens with two attached hydrogens (primary N) is 1. The van der Waals surface area contributed by atoms with E-state index in [1.54, 1.807) is 0 Å². The minimum absolute atomic E-state index is 0.285. The van der Waals surface area contributed by atoms with Crippen LogP contribution in [0.25, 0.3) is 32.5 Å². The molecule has 0 amide bonds. The smallest absolute Gasteiger partial charge is 0.228 e. The van der Waals surface area contributed by atoms with Gasteiger partial charge in [-0.3, -0.25) is 0 Å². The number of hydrogen-bond acceptors (Lipinski definition) is 9. The molecular weight excluding hydrogens is 414 g/mol. The van der Waals surface area contributed by atoms with Crippen molar-refractivity contribution in [1.82, 2.24) is 24.7 Å². The van der Waals surface area contributed by atoms with E-state index >= 15 is 0 Å². The molecule has 160 valence electrons. The molecule has 2 aliphatic heterocycles. The number of aromatic nitrogens is 5. The number of nitrogen functional groups attached to an aromatic ring is 1. The van der Waals surface area contributed by atoms with E-state index in [1.165, 1.54) is 11.3 Å². The van der Waals surface area contributed by atoms with Gasteiger partial charge in [-0.2, -0.15) is 10.1 Å². The van der Waals surface area contributed by atoms with Crippen LogP contribution in [0.4, 0.5) is 11.1 Å². The first-order valence-electron chi connectivity index (χ1n) is 10.6. The first-order valence-corrected chi connectivity index (χ1v) is 11.4. The van der Waals surface area contributed by atoms with Crippen LogP contribution in [0.5, 0.6) is 0 Å². The monoisotopic (exact) mass is 437 g/mol. The fourth-order valence-electron chi connectivity index (χ4n) is 4.33. The summed E-state index contributed by atoms with van der Waals surface area (Å²) in [7, 11) is 0. The van der Waals surface area contributed by atoms with Crippen molar-refractivity contribution in [2.75, 3.05) is 50.2 Å². The average Bonchev–Trinajstić information content (AvgIpc) is 3.41. The molecule has 0 atom stereocenters. The number of fused-ring (bicyclic) bond motifs is 2. The quantitative estimate of drug-likeness (QED) is 0.522. The zero-order chi connectivity index (χ0) is 20.8. The number of benzene rings is 1. The lowest BCUT2D eigenvalue weighted by Gasteiger charge is -2.27. The Morgan fingerprint density at radius 2 is 1.81 bits per heavy atom. The molecule has 2 fully saturated rings. The molecule has 0 spiro atoms. The maximum absolute atomic E-state index is 5.92. The summed E-state index contributed by atoms with van der Waals surface area (Å²) in [5.74, 6) is 0.720. The molecule has 9 nitrogen and oxygen atoms in total. The molecule has 0 radical (unpaired) electrons. The van der Waals surface area contributed by atoms with E-state index < -0.39 is 0 Å². The van der Waals surface area contributed by atoms with Crippen LogP contribution in [0.15, 0.2) is 24.4 Å². The van der Waals surface area contributed by atoms with Crippen molar-refractivity contribution < 1.29 is 9.47 Å². The molecule has 31 heavy (non-hydrogen) atoms. The fraction of sp³-hybridized carbons (Fsp3) is 0.429. The summed E-state index contributed by atoms with van der Waals surface area (Å²) in [4.78, 5) is 16.6. The normalized spacial score (nSPS) is 18.3. The number of thiazole rings is 1. The third-order valence-corrected chi connectivity index (χ3v) is 6.82. The molecule has 1 aromatic carbocycles. The molecule has 4 aromatic rings. The Balaban J connectivity index is 1.53. The molecule has 10 heteroatoms.